The van der Waals surface area contributed by atoms with Crippen molar-refractivity contribution in [3.8, 4) is 0 Å². The molecule has 2 aliphatic rings. The summed E-state index contributed by atoms with van der Waals surface area (Å²) in [5, 5.41) is 2.80. The molecule has 0 aromatic heterocycles. The topological polar surface area (TPSA) is 44.8 Å². The maximum absolute atomic E-state index is 13.6. The van der Waals surface area contributed by atoms with Gasteiger partial charge in [-0.2, -0.15) is 0 Å². The van der Waals surface area contributed by atoms with Gasteiger partial charge in [0.2, 0.25) is 0 Å². The highest BCUT2D eigenvalue weighted by Crippen LogP contribution is 2.21. The van der Waals surface area contributed by atoms with Crippen LogP contribution in [0.5, 0.6) is 0 Å². The Morgan fingerprint density at radius 2 is 2.21 bits per heavy atom. The third-order valence-electron chi connectivity index (χ3n) is 4.83. The Balaban J connectivity index is 1.49. The van der Waals surface area contributed by atoms with Crippen LogP contribution in [0.3, 0.4) is 0 Å². The number of morpholine rings is 1. The number of carbonyl (C=O) groups excluding carboxylic acids is 1. The molecule has 2 amide bonds. The zero-order chi connectivity index (χ0) is 17.1. The summed E-state index contributed by atoms with van der Waals surface area (Å²) in [5.41, 5.74) is 0.273. The van der Waals surface area contributed by atoms with Gasteiger partial charge in [-0.3, -0.25) is 4.90 Å². The van der Waals surface area contributed by atoms with Gasteiger partial charge in [0.05, 0.1) is 18.8 Å². The molecular weight excluding hydrogens is 316 g/mol. The fourth-order valence-electron chi connectivity index (χ4n) is 3.38. The maximum atomic E-state index is 13.6. The van der Waals surface area contributed by atoms with Crippen molar-refractivity contribution >= 4 is 6.03 Å². The van der Waals surface area contributed by atoms with Crippen LogP contribution >= 0.6 is 0 Å². The van der Waals surface area contributed by atoms with Crippen molar-refractivity contribution < 1.29 is 18.3 Å². The largest absolute Gasteiger partial charge is 0.375 e. The van der Waals surface area contributed by atoms with Gasteiger partial charge >= 0.3 is 6.03 Å². The predicted molar refractivity (Wildman–Crippen MR) is 85.8 cm³/mol. The van der Waals surface area contributed by atoms with E-state index in [-0.39, 0.29) is 36.7 Å². The number of likely N-dealkylation sites (N-methyl/N-ethyl adjacent to an activating group) is 1. The van der Waals surface area contributed by atoms with E-state index in [0.29, 0.717) is 13.1 Å². The first-order chi connectivity index (χ1) is 11.5. The number of likely N-dealkylation sites (tertiary alicyclic amines) is 1. The Labute approximate surface area is 140 Å². The molecule has 0 spiro atoms. The van der Waals surface area contributed by atoms with Crippen LogP contribution in [0.25, 0.3) is 0 Å². The molecule has 0 radical (unpaired) electrons. The molecule has 2 atom stereocenters. The molecule has 1 aromatic carbocycles. The van der Waals surface area contributed by atoms with Crippen molar-refractivity contribution in [2.45, 2.75) is 25.0 Å². The average molecular weight is 339 g/mol. The molecule has 5 nitrogen and oxygen atoms in total. The minimum Gasteiger partial charge on any atom is -0.375 e. The predicted octanol–water partition coefficient (Wildman–Crippen LogP) is 1.62. The van der Waals surface area contributed by atoms with Gasteiger partial charge in [0.25, 0.3) is 0 Å². The van der Waals surface area contributed by atoms with Gasteiger partial charge in [-0.15, -0.1) is 0 Å². The van der Waals surface area contributed by atoms with Gasteiger partial charge in [0.1, 0.15) is 11.6 Å². The SMILES string of the molecule is CN1CCOC2CCN(C(=O)NCCc3cc(F)ccc3F)CC21. The van der Waals surface area contributed by atoms with Gasteiger partial charge in [0.15, 0.2) is 0 Å². The summed E-state index contributed by atoms with van der Waals surface area (Å²) in [4.78, 5) is 16.3. The third kappa shape index (κ3) is 3.84. The van der Waals surface area contributed by atoms with Crippen LogP contribution in [0.1, 0.15) is 12.0 Å². The van der Waals surface area contributed by atoms with Crippen LogP contribution in [0.4, 0.5) is 13.6 Å². The molecule has 2 fully saturated rings. The molecule has 1 N–H and O–H groups in total. The number of rotatable bonds is 3. The molecule has 24 heavy (non-hydrogen) atoms. The van der Waals surface area contributed by atoms with Gasteiger partial charge in [-0.05, 0) is 43.7 Å². The number of hydrogen-bond acceptors (Lipinski definition) is 3. The Kier molecular flexibility index (Phi) is 5.30. The molecule has 0 bridgehead atoms. The molecule has 2 saturated heterocycles. The van der Waals surface area contributed by atoms with Crippen LogP contribution in [-0.2, 0) is 11.2 Å². The normalized spacial score (nSPS) is 24.5. The standard InChI is InChI=1S/C17H23F2N3O2/c1-21-8-9-24-16-5-7-22(11-15(16)21)17(23)20-6-4-12-10-13(18)2-3-14(12)19/h2-3,10,15-16H,4-9,11H2,1H3,(H,20,23). The van der Waals surface area contributed by atoms with E-state index >= 15 is 0 Å². The second-order valence-corrected chi connectivity index (χ2v) is 6.41. The zero-order valence-corrected chi connectivity index (χ0v) is 13.8. The van der Waals surface area contributed by atoms with E-state index in [2.05, 4.69) is 10.2 Å². The van der Waals surface area contributed by atoms with Crippen molar-refractivity contribution in [1.29, 1.82) is 0 Å². The molecule has 7 heteroatoms. The quantitative estimate of drug-likeness (QED) is 0.910. The fraction of sp³-hybridized carbons (Fsp3) is 0.588. The van der Waals surface area contributed by atoms with E-state index in [4.69, 9.17) is 4.74 Å². The molecule has 2 unspecified atom stereocenters. The smallest absolute Gasteiger partial charge is 0.317 e. The summed E-state index contributed by atoms with van der Waals surface area (Å²) in [7, 11) is 2.05. The Morgan fingerprint density at radius 1 is 1.38 bits per heavy atom. The van der Waals surface area contributed by atoms with E-state index in [0.717, 1.165) is 31.7 Å². The first-order valence-corrected chi connectivity index (χ1v) is 8.33. The molecule has 2 aliphatic heterocycles. The van der Waals surface area contributed by atoms with Crippen molar-refractivity contribution in [3.63, 3.8) is 0 Å². The summed E-state index contributed by atoms with van der Waals surface area (Å²) in [6.45, 7) is 3.16. The lowest BCUT2D eigenvalue weighted by molar-refractivity contribution is -0.0881. The number of nitrogens with zero attached hydrogens (tertiary/aromatic N) is 2. The Morgan fingerprint density at radius 3 is 3.04 bits per heavy atom. The van der Waals surface area contributed by atoms with Crippen molar-refractivity contribution in [2.75, 3.05) is 39.8 Å². The number of carbonyl (C=O) groups is 1. The monoisotopic (exact) mass is 339 g/mol. The number of urea groups is 1. The van der Waals surface area contributed by atoms with Crippen molar-refractivity contribution in [1.82, 2.24) is 15.1 Å². The first kappa shape index (κ1) is 17.1. The maximum Gasteiger partial charge on any atom is 0.317 e. The highest BCUT2D eigenvalue weighted by atomic mass is 19.1. The first-order valence-electron chi connectivity index (χ1n) is 8.33. The summed E-state index contributed by atoms with van der Waals surface area (Å²) < 4.78 is 32.5. The van der Waals surface area contributed by atoms with Crippen LogP contribution in [0, 0.1) is 11.6 Å². The zero-order valence-electron chi connectivity index (χ0n) is 13.8. The summed E-state index contributed by atoms with van der Waals surface area (Å²) in [5.74, 6) is -0.924. The van der Waals surface area contributed by atoms with E-state index in [1.54, 1.807) is 4.90 Å². The number of ether oxygens (including phenoxy) is 1. The van der Waals surface area contributed by atoms with Gasteiger partial charge in [-0.25, -0.2) is 13.6 Å². The second kappa shape index (κ2) is 7.44. The number of amides is 2. The average Bonchev–Trinajstić information content (AvgIpc) is 2.58. The third-order valence-corrected chi connectivity index (χ3v) is 4.83. The highest BCUT2D eigenvalue weighted by molar-refractivity contribution is 5.74. The fourth-order valence-corrected chi connectivity index (χ4v) is 3.38. The van der Waals surface area contributed by atoms with Gasteiger partial charge < -0.3 is 15.0 Å². The van der Waals surface area contributed by atoms with E-state index in [9.17, 15) is 13.6 Å². The molecule has 2 heterocycles. The van der Waals surface area contributed by atoms with Crippen LogP contribution in [0.15, 0.2) is 18.2 Å². The number of piperidine rings is 1. The minimum absolute atomic E-state index is 0.163. The van der Waals surface area contributed by atoms with Gasteiger partial charge in [-0.1, -0.05) is 0 Å². The molecular formula is C17H23F2N3O2. The number of fused-ring (bicyclic) bond motifs is 1. The van der Waals surface area contributed by atoms with Gasteiger partial charge in [0, 0.05) is 26.2 Å². The lowest BCUT2D eigenvalue weighted by atomic mass is 9.99. The van der Waals surface area contributed by atoms with E-state index < -0.39 is 11.6 Å². The van der Waals surface area contributed by atoms with Crippen LogP contribution in [0.2, 0.25) is 0 Å². The number of halogens is 2. The Bertz CT molecular complexity index is 599. The van der Waals surface area contributed by atoms with E-state index in [1.807, 2.05) is 7.05 Å². The summed E-state index contributed by atoms with van der Waals surface area (Å²) in [6, 6.07) is 3.42. The van der Waals surface area contributed by atoms with E-state index in [1.165, 1.54) is 6.07 Å². The van der Waals surface area contributed by atoms with Crippen LogP contribution in [-0.4, -0.2) is 67.8 Å². The number of benzene rings is 1. The second-order valence-electron chi connectivity index (χ2n) is 6.41. The van der Waals surface area contributed by atoms with Crippen molar-refractivity contribution in [2.24, 2.45) is 0 Å². The molecule has 132 valence electrons. The molecule has 0 aliphatic carbocycles. The van der Waals surface area contributed by atoms with Crippen LogP contribution < -0.4 is 5.32 Å². The molecule has 3 rings (SSSR count). The Hall–Kier alpha value is -1.73. The van der Waals surface area contributed by atoms with Crippen molar-refractivity contribution in [3.05, 3.63) is 35.4 Å². The lowest BCUT2D eigenvalue weighted by Gasteiger charge is -2.45. The summed E-state index contributed by atoms with van der Waals surface area (Å²) >= 11 is 0. The number of hydrogen-bond donors (Lipinski definition) is 1. The minimum atomic E-state index is -0.472. The molecule has 1 aromatic rings. The highest BCUT2D eigenvalue weighted by Gasteiger charge is 2.36. The molecule has 0 saturated carbocycles. The summed E-state index contributed by atoms with van der Waals surface area (Å²) in [6.07, 6.45) is 1.27. The lowest BCUT2D eigenvalue weighted by Crippen LogP contribution is -2.60. The number of nitrogens with one attached hydrogen (secondary N) is 1.